The molecule has 36 heavy (non-hydrogen) atoms. The first kappa shape index (κ1) is 30.3. The number of aromatic hydroxyl groups is 2. The molecule has 2 aromatic carbocycles. The van der Waals surface area contributed by atoms with Gasteiger partial charge in [-0.05, 0) is 85.5 Å². The van der Waals surface area contributed by atoms with Crippen LogP contribution in [-0.2, 0) is 23.7 Å². The van der Waals surface area contributed by atoms with Crippen LogP contribution in [0.2, 0.25) is 0 Å². The minimum atomic E-state index is 0.0142. The number of rotatable bonds is 15. The second-order valence-electron chi connectivity index (χ2n) is 12.4. The molecular formula is C34H54O2. The third kappa shape index (κ3) is 8.29. The molecule has 0 radical (unpaired) electrons. The van der Waals surface area contributed by atoms with Crippen molar-refractivity contribution in [1.29, 1.82) is 0 Å². The molecule has 0 aliphatic carbocycles. The van der Waals surface area contributed by atoms with E-state index in [2.05, 4.69) is 65.8 Å². The summed E-state index contributed by atoms with van der Waals surface area (Å²) in [7, 11) is 0. The number of phenolic OH excluding ortho intramolecular Hbond substituents is 2. The third-order valence-electron chi connectivity index (χ3n) is 8.63. The van der Waals surface area contributed by atoms with Gasteiger partial charge in [-0.1, -0.05) is 104 Å². The molecule has 0 heterocycles. The van der Waals surface area contributed by atoms with E-state index in [-0.39, 0.29) is 10.8 Å². The van der Waals surface area contributed by atoms with E-state index < -0.39 is 0 Å². The maximum atomic E-state index is 10.6. The summed E-state index contributed by atoms with van der Waals surface area (Å²) < 4.78 is 0. The van der Waals surface area contributed by atoms with Crippen molar-refractivity contribution in [2.45, 2.75) is 143 Å². The van der Waals surface area contributed by atoms with Gasteiger partial charge in [-0.2, -0.15) is 0 Å². The van der Waals surface area contributed by atoms with Crippen molar-refractivity contribution in [2.24, 2.45) is 0 Å². The van der Waals surface area contributed by atoms with Gasteiger partial charge in [0.25, 0.3) is 0 Å². The molecule has 0 aromatic heterocycles. The van der Waals surface area contributed by atoms with Crippen LogP contribution in [0.25, 0.3) is 0 Å². The monoisotopic (exact) mass is 494 g/mol. The zero-order chi connectivity index (χ0) is 26.9. The van der Waals surface area contributed by atoms with Gasteiger partial charge in [-0.25, -0.2) is 0 Å². The second-order valence-corrected chi connectivity index (χ2v) is 12.4. The lowest BCUT2D eigenvalue weighted by atomic mass is 9.80. The lowest BCUT2D eigenvalue weighted by Gasteiger charge is -2.26. The summed E-state index contributed by atoms with van der Waals surface area (Å²) in [6, 6.07) is 8.83. The van der Waals surface area contributed by atoms with Crippen molar-refractivity contribution in [3.05, 3.63) is 57.6 Å². The molecule has 0 saturated heterocycles. The highest BCUT2D eigenvalue weighted by atomic mass is 16.3. The van der Waals surface area contributed by atoms with E-state index in [1.165, 1.54) is 62.5 Å². The van der Waals surface area contributed by atoms with Gasteiger partial charge in [-0.3, -0.25) is 0 Å². The molecule has 0 atom stereocenters. The fraction of sp³-hybridized carbons (Fsp3) is 0.647. The first-order chi connectivity index (χ1) is 16.9. The molecule has 0 fully saturated rings. The number of hydrogen-bond donors (Lipinski definition) is 2. The zero-order valence-electron chi connectivity index (χ0n) is 24.7. The van der Waals surface area contributed by atoms with Crippen LogP contribution in [0, 0.1) is 13.8 Å². The van der Waals surface area contributed by atoms with Gasteiger partial charge >= 0.3 is 0 Å². The highest BCUT2D eigenvalue weighted by Crippen LogP contribution is 2.38. The molecule has 0 bridgehead atoms. The molecule has 0 aliphatic rings. The van der Waals surface area contributed by atoms with Crippen molar-refractivity contribution < 1.29 is 10.2 Å². The highest BCUT2D eigenvalue weighted by molar-refractivity contribution is 5.47. The van der Waals surface area contributed by atoms with Crippen molar-refractivity contribution in [2.75, 3.05) is 0 Å². The summed E-state index contributed by atoms with van der Waals surface area (Å²) in [6.45, 7) is 17.3. The van der Waals surface area contributed by atoms with E-state index in [1.807, 2.05) is 13.8 Å². The molecule has 2 N–H and O–H groups in total. The molecule has 0 unspecified atom stereocenters. The Kier molecular flexibility index (Phi) is 11.4. The Morgan fingerprint density at radius 3 is 1.14 bits per heavy atom. The fourth-order valence-corrected chi connectivity index (χ4v) is 5.13. The summed E-state index contributed by atoms with van der Waals surface area (Å²) in [5, 5.41) is 21.1. The predicted molar refractivity (Wildman–Crippen MR) is 157 cm³/mol. The van der Waals surface area contributed by atoms with Gasteiger partial charge < -0.3 is 10.2 Å². The molecule has 2 aromatic rings. The van der Waals surface area contributed by atoms with Crippen LogP contribution >= 0.6 is 0 Å². The van der Waals surface area contributed by atoms with Crippen LogP contribution in [0.3, 0.4) is 0 Å². The Labute approximate surface area is 222 Å². The average molecular weight is 495 g/mol. The molecule has 2 heteroatoms. The van der Waals surface area contributed by atoms with Gasteiger partial charge in [0.15, 0.2) is 0 Å². The molecule has 0 spiro atoms. The maximum absolute atomic E-state index is 10.6. The molecule has 0 saturated carbocycles. The van der Waals surface area contributed by atoms with Crippen LogP contribution in [0.15, 0.2) is 24.3 Å². The molecular weight excluding hydrogens is 440 g/mol. The van der Waals surface area contributed by atoms with Crippen LogP contribution in [0.5, 0.6) is 11.5 Å². The van der Waals surface area contributed by atoms with Crippen molar-refractivity contribution >= 4 is 0 Å². The van der Waals surface area contributed by atoms with Crippen molar-refractivity contribution in [3.63, 3.8) is 0 Å². The van der Waals surface area contributed by atoms with E-state index in [0.29, 0.717) is 11.5 Å². The third-order valence-corrected chi connectivity index (χ3v) is 8.63. The smallest absolute Gasteiger partial charge is 0.122 e. The number of aryl methyl sites for hydroxylation is 4. The second kappa shape index (κ2) is 13.5. The lowest BCUT2D eigenvalue weighted by molar-refractivity contribution is 0.424. The highest BCUT2D eigenvalue weighted by Gasteiger charge is 2.24. The van der Waals surface area contributed by atoms with Gasteiger partial charge in [0.05, 0.1) is 0 Å². The Morgan fingerprint density at radius 1 is 0.528 bits per heavy atom. The Hall–Kier alpha value is -1.96. The summed E-state index contributed by atoms with van der Waals surface area (Å²) in [5.74, 6) is 0.966. The molecule has 2 nitrogen and oxygen atoms in total. The first-order valence-electron chi connectivity index (χ1n) is 14.6. The number of benzene rings is 2. The summed E-state index contributed by atoms with van der Waals surface area (Å²) >= 11 is 0. The summed E-state index contributed by atoms with van der Waals surface area (Å²) in [5.41, 5.74) is 7.00. The van der Waals surface area contributed by atoms with Crippen molar-refractivity contribution in [1.82, 2.24) is 0 Å². The van der Waals surface area contributed by atoms with Crippen LogP contribution in [0.4, 0.5) is 0 Å². The van der Waals surface area contributed by atoms with E-state index in [9.17, 15) is 10.2 Å². The standard InChI is InChI=1S/C34H54O2/c1-9-33(5,6)29-23-27(21-25(3)31(29)35)19-17-15-13-11-12-14-16-18-20-28-22-26(4)32(36)30(24-28)34(7,8)10-2/h21-24,35-36H,9-20H2,1-8H3. The maximum Gasteiger partial charge on any atom is 0.122 e. The van der Waals surface area contributed by atoms with Gasteiger partial charge in [-0.15, -0.1) is 0 Å². The molecule has 2 rings (SSSR count). The molecule has 0 aliphatic heterocycles. The SMILES string of the molecule is CCC(C)(C)c1cc(CCCCCCCCCCc2cc(C)c(O)c(C(C)(C)CC)c2)cc(C)c1O. The Balaban J connectivity index is 1.67. The van der Waals surface area contributed by atoms with Gasteiger partial charge in [0.2, 0.25) is 0 Å². The summed E-state index contributed by atoms with van der Waals surface area (Å²) in [4.78, 5) is 0. The normalized spacial score (nSPS) is 12.3. The number of hydrogen-bond acceptors (Lipinski definition) is 2. The number of unbranched alkanes of at least 4 members (excludes halogenated alkanes) is 7. The average Bonchev–Trinajstić information content (AvgIpc) is 2.83. The molecule has 202 valence electrons. The van der Waals surface area contributed by atoms with Gasteiger partial charge in [0.1, 0.15) is 11.5 Å². The minimum absolute atomic E-state index is 0.0142. The van der Waals surface area contributed by atoms with E-state index in [0.717, 1.165) is 47.9 Å². The van der Waals surface area contributed by atoms with Crippen molar-refractivity contribution in [3.8, 4) is 11.5 Å². The number of phenols is 2. The Morgan fingerprint density at radius 2 is 0.833 bits per heavy atom. The van der Waals surface area contributed by atoms with E-state index in [1.54, 1.807) is 0 Å². The Bertz CT molecular complexity index is 888. The zero-order valence-corrected chi connectivity index (χ0v) is 24.7. The largest absolute Gasteiger partial charge is 0.507 e. The first-order valence-corrected chi connectivity index (χ1v) is 14.6. The van der Waals surface area contributed by atoms with Crippen LogP contribution in [-0.4, -0.2) is 10.2 Å². The quantitative estimate of drug-likeness (QED) is 0.242. The molecule has 0 amide bonds. The lowest BCUT2D eigenvalue weighted by Crippen LogP contribution is -2.16. The van der Waals surface area contributed by atoms with Gasteiger partial charge in [0, 0.05) is 11.1 Å². The predicted octanol–water partition coefficient (Wildman–Crippen LogP) is 10.00. The van der Waals surface area contributed by atoms with E-state index in [4.69, 9.17) is 0 Å². The fourth-order valence-electron chi connectivity index (χ4n) is 5.13. The topological polar surface area (TPSA) is 40.5 Å². The minimum Gasteiger partial charge on any atom is -0.507 e. The van der Waals surface area contributed by atoms with E-state index >= 15 is 0 Å². The van der Waals surface area contributed by atoms with Crippen LogP contribution in [0.1, 0.15) is 139 Å². The summed E-state index contributed by atoms with van der Waals surface area (Å²) in [6.07, 6.45) is 14.6. The van der Waals surface area contributed by atoms with Crippen LogP contribution < -0.4 is 0 Å².